The summed E-state index contributed by atoms with van der Waals surface area (Å²) in [6.07, 6.45) is 5.13. The molecular weight excluding hydrogens is 264 g/mol. The summed E-state index contributed by atoms with van der Waals surface area (Å²) in [7, 11) is 0. The molecule has 0 saturated heterocycles. The van der Waals surface area contributed by atoms with Crippen LogP contribution in [0.4, 0.5) is 14.5 Å². The molecule has 2 heterocycles. The number of nitrogens with zero attached hydrogens (tertiary/aromatic N) is 2. The van der Waals surface area contributed by atoms with E-state index in [2.05, 4.69) is 10.3 Å². The average molecular weight is 273 g/mol. The van der Waals surface area contributed by atoms with Gasteiger partial charge in [0.15, 0.2) is 17.3 Å². The molecule has 0 aliphatic heterocycles. The first-order chi connectivity index (χ1) is 9.65. The minimum absolute atomic E-state index is 0.0393. The second-order valence-corrected chi connectivity index (χ2v) is 4.16. The Bertz CT molecular complexity index is 798. The Morgan fingerprint density at radius 3 is 2.80 bits per heavy atom. The second-order valence-electron chi connectivity index (χ2n) is 4.16. The molecule has 3 aromatic rings. The molecule has 0 atom stereocenters. The van der Waals surface area contributed by atoms with Gasteiger partial charge in [0.2, 0.25) is 0 Å². The molecule has 1 amide bonds. The van der Waals surface area contributed by atoms with E-state index in [1.165, 1.54) is 6.07 Å². The van der Waals surface area contributed by atoms with Crippen LogP contribution in [0.1, 0.15) is 10.4 Å². The maximum atomic E-state index is 13.1. The highest BCUT2D eigenvalue weighted by atomic mass is 19.2. The number of carbonyl (C=O) groups is 1. The lowest BCUT2D eigenvalue weighted by molar-refractivity contribution is 0.102. The highest BCUT2D eigenvalue weighted by molar-refractivity contribution is 6.05. The van der Waals surface area contributed by atoms with Gasteiger partial charge in [-0.1, -0.05) is 0 Å². The van der Waals surface area contributed by atoms with Crippen molar-refractivity contribution in [1.29, 1.82) is 0 Å². The predicted molar refractivity (Wildman–Crippen MR) is 69.5 cm³/mol. The summed E-state index contributed by atoms with van der Waals surface area (Å²) in [4.78, 5) is 16.1. The summed E-state index contributed by atoms with van der Waals surface area (Å²) in [5, 5.41) is 2.62. The normalized spacial score (nSPS) is 10.7. The smallest absolute Gasteiger partial charge is 0.255 e. The van der Waals surface area contributed by atoms with Crippen LogP contribution in [0.3, 0.4) is 0 Å². The van der Waals surface area contributed by atoms with Crippen LogP contribution in [-0.2, 0) is 0 Å². The van der Waals surface area contributed by atoms with Gasteiger partial charge in [0.1, 0.15) is 0 Å². The highest BCUT2D eigenvalue weighted by Gasteiger charge is 2.11. The molecule has 3 rings (SSSR count). The zero-order valence-electron chi connectivity index (χ0n) is 10.2. The van der Waals surface area contributed by atoms with Gasteiger partial charge in [0, 0.05) is 24.2 Å². The zero-order chi connectivity index (χ0) is 14.1. The van der Waals surface area contributed by atoms with E-state index in [1.54, 1.807) is 35.1 Å². The molecule has 4 nitrogen and oxygen atoms in total. The molecule has 0 fully saturated rings. The Hall–Kier alpha value is -2.76. The SMILES string of the molecule is O=C(Nc1cccn2ccnc12)c1ccc(F)c(F)c1. The molecule has 0 saturated carbocycles. The number of aromatic nitrogens is 2. The van der Waals surface area contributed by atoms with Crippen molar-refractivity contribution in [2.75, 3.05) is 5.32 Å². The van der Waals surface area contributed by atoms with E-state index in [-0.39, 0.29) is 5.56 Å². The maximum absolute atomic E-state index is 13.1. The first-order valence-electron chi connectivity index (χ1n) is 5.83. The molecule has 0 bridgehead atoms. The molecule has 0 spiro atoms. The van der Waals surface area contributed by atoms with Crippen LogP contribution in [0.25, 0.3) is 5.65 Å². The van der Waals surface area contributed by atoms with Gasteiger partial charge in [0.25, 0.3) is 5.91 Å². The first-order valence-corrected chi connectivity index (χ1v) is 5.83. The van der Waals surface area contributed by atoms with Crippen molar-refractivity contribution < 1.29 is 13.6 Å². The Kier molecular flexibility index (Phi) is 2.90. The van der Waals surface area contributed by atoms with Crippen LogP contribution >= 0.6 is 0 Å². The molecule has 0 aliphatic carbocycles. The fraction of sp³-hybridized carbons (Fsp3) is 0. The summed E-state index contributed by atoms with van der Waals surface area (Å²) in [5.41, 5.74) is 1.10. The molecule has 20 heavy (non-hydrogen) atoms. The molecule has 2 aromatic heterocycles. The minimum atomic E-state index is -1.06. The Balaban J connectivity index is 1.92. The summed E-state index contributed by atoms with van der Waals surface area (Å²) >= 11 is 0. The van der Waals surface area contributed by atoms with Crippen molar-refractivity contribution in [3.05, 3.63) is 66.1 Å². The van der Waals surface area contributed by atoms with Crippen LogP contribution < -0.4 is 5.32 Å². The number of pyridine rings is 1. The van der Waals surface area contributed by atoms with E-state index in [4.69, 9.17) is 0 Å². The third-order valence-electron chi connectivity index (χ3n) is 2.85. The van der Waals surface area contributed by atoms with Gasteiger partial charge < -0.3 is 9.72 Å². The third kappa shape index (κ3) is 2.11. The fourth-order valence-electron chi connectivity index (χ4n) is 1.88. The molecule has 0 radical (unpaired) electrons. The van der Waals surface area contributed by atoms with Crippen molar-refractivity contribution >= 4 is 17.2 Å². The van der Waals surface area contributed by atoms with Gasteiger partial charge in [-0.2, -0.15) is 0 Å². The number of amides is 1. The summed E-state index contributed by atoms with van der Waals surface area (Å²) in [5.74, 6) is -2.58. The lowest BCUT2D eigenvalue weighted by Gasteiger charge is -2.06. The molecule has 6 heteroatoms. The van der Waals surface area contributed by atoms with Crippen molar-refractivity contribution in [3.63, 3.8) is 0 Å². The van der Waals surface area contributed by atoms with Gasteiger partial charge in [-0.3, -0.25) is 4.79 Å². The number of carbonyl (C=O) groups excluding carboxylic acids is 1. The Morgan fingerprint density at radius 1 is 1.15 bits per heavy atom. The van der Waals surface area contributed by atoms with Crippen LogP contribution in [0.15, 0.2) is 48.9 Å². The minimum Gasteiger partial charge on any atom is -0.319 e. The monoisotopic (exact) mass is 273 g/mol. The quantitative estimate of drug-likeness (QED) is 0.780. The van der Waals surface area contributed by atoms with Crippen molar-refractivity contribution in [2.24, 2.45) is 0 Å². The van der Waals surface area contributed by atoms with Gasteiger partial charge in [-0.15, -0.1) is 0 Å². The van der Waals surface area contributed by atoms with Crippen molar-refractivity contribution in [2.45, 2.75) is 0 Å². The van der Waals surface area contributed by atoms with Crippen LogP contribution in [0.2, 0.25) is 0 Å². The van der Waals surface area contributed by atoms with Crippen LogP contribution in [0, 0.1) is 11.6 Å². The molecule has 1 N–H and O–H groups in total. The van der Waals surface area contributed by atoms with E-state index in [9.17, 15) is 13.6 Å². The number of fused-ring (bicyclic) bond motifs is 1. The number of halogens is 2. The van der Waals surface area contributed by atoms with Gasteiger partial charge >= 0.3 is 0 Å². The van der Waals surface area contributed by atoms with Crippen LogP contribution in [0.5, 0.6) is 0 Å². The largest absolute Gasteiger partial charge is 0.319 e. The highest BCUT2D eigenvalue weighted by Crippen LogP contribution is 2.16. The molecule has 1 aromatic carbocycles. The number of hydrogen-bond donors (Lipinski definition) is 1. The molecule has 100 valence electrons. The summed E-state index contributed by atoms with van der Waals surface area (Å²) in [6, 6.07) is 6.42. The van der Waals surface area contributed by atoms with Gasteiger partial charge in [-0.05, 0) is 30.3 Å². The predicted octanol–water partition coefficient (Wildman–Crippen LogP) is 2.86. The van der Waals surface area contributed by atoms with E-state index >= 15 is 0 Å². The number of nitrogens with one attached hydrogen (secondary N) is 1. The molecular formula is C14H9F2N3O. The number of anilines is 1. The van der Waals surface area contributed by atoms with Gasteiger partial charge in [-0.25, -0.2) is 13.8 Å². The van der Waals surface area contributed by atoms with Crippen molar-refractivity contribution in [1.82, 2.24) is 9.38 Å². The zero-order valence-corrected chi connectivity index (χ0v) is 10.2. The summed E-state index contributed by atoms with van der Waals surface area (Å²) < 4.78 is 27.7. The summed E-state index contributed by atoms with van der Waals surface area (Å²) in [6.45, 7) is 0. The first kappa shape index (κ1) is 12.3. The molecule has 0 aliphatic rings. The topological polar surface area (TPSA) is 46.4 Å². The van der Waals surface area contributed by atoms with E-state index in [1.807, 2.05) is 0 Å². The van der Waals surface area contributed by atoms with Gasteiger partial charge in [0.05, 0.1) is 5.69 Å². The van der Waals surface area contributed by atoms with E-state index < -0.39 is 17.5 Å². The fourth-order valence-corrected chi connectivity index (χ4v) is 1.88. The van der Waals surface area contributed by atoms with Crippen LogP contribution in [-0.4, -0.2) is 15.3 Å². The number of benzene rings is 1. The maximum Gasteiger partial charge on any atom is 0.255 e. The number of hydrogen-bond acceptors (Lipinski definition) is 2. The Labute approximate surface area is 112 Å². The number of imidazole rings is 1. The van der Waals surface area contributed by atoms with Crippen molar-refractivity contribution in [3.8, 4) is 0 Å². The molecule has 0 unspecified atom stereocenters. The lowest BCUT2D eigenvalue weighted by atomic mass is 10.2. The standard InChI is InChI=1S/C14H9F2N3O/c15-10-4-3-9(8-11(10)16)14(20)18-12-2-1-6-19-7-5-17-13(12)19/h1-8H,(H,18,20). The Morgan fingerprint density at radius 2 is 2.00 bits per heavy atom. The van der Waals surface area contributed by atoms with E-state index in [0.29, 0.717) is 11.3 Å². The third-order valence-corrected chi connectivity index (χ3v) is 2.85. The second kappa shape index (κ2) is 4.73. The number of rotatable bonds is 2. The average Bonchev–Trinajstić information content (AvgIpc) is 2.91. The lowest BCUT2D eigenvalue weighted by Crippen LogP contribution is -2.13. The van der Waals surface area contributed by atoms with E-state index in [0.717, 1.165) is 12.1 Å².